The maximum atomic E-state index is 11.0. The number of hydrogen-bond donors (Lipinski definition) is 2. The van der Waals surface area contributed by atoms with Crippen molar-refractivity contribution < 1.29 is 13.2 Å². The van der Waals surface area contributed by atoms with Crippen LogP contribution in [0.5, 0.6) is 0 Å². The van der Waals surface area contributed by atoms with E-state index >= 15 is 0 Å². The summed E-state index contributed by atoms with van der Waals surface area (Å²) in [7, 11) is -3.52. The largest absolute Gasteiger partial charge is 0.383 e. The van der Waals surface area contributed by atoms with Gasteiger partial charge in [-0.1, -0.05) is 0 Å². The summed E-state index contributed by atoms with van der Waals surface area (Å²) in [4.78, 5) is 17.6. The number of nitrogen functional groups attached to an aromatic ring is 1. The van der Waals surface area contributed by atoms with Crippen LogP contribution in [0.15, 0.2) is 11.4 Å². The highest BCUT2D eigenvalue weighted by molar-refractivity contribution is 7.90. The number of nitrogens with two attached hydrogens (primary N) is 2. The molecule has 0 saturated carbocycles. The second kappa shape index (κ2) is 3.22. The van der Waals surface area contributed by atoms with Crippen LogP contribution in [-0.2, 0) is 9.84 Å². The van der Waals surface area contributed by atoms with Crippen LogP contribution in [0.1, 0.15) is 10.4 Å². The Hall–Kier alpha value is -1.70. The first-order chi connectivity index (χ1) is 6.32. The lowest BCUT2D eigenvalue weighted by Gasteiger charge is -2.01. The highest BCUT2D eigenvalue weighted by atomic mass is 32.2. The second-order valence-corrected chi connectivity index (χ2v) is 4.50. The molecule has 1 aromatic heterocycles. The van der Waals surface area contributed by atoms with Gasteiger partial charge in [0.1, 0.15) is 5.82 Å². The van der Waals surface area contributed by atoms with Crippen molar-refractivity contribution in [2.24, 2.45) is 5.73 Å². The zero-order valence-corrected chi connectivity index (χ0v) is 8.08. The summed E-state index contributed by atoms with van der Waals surface area (Å²) >= 11 is 0. The minimum atomic E-state index is -3.52. The maximum Gasteiger partial charge on any atom is 0.254 e. The average Bonchev–Trinajstić information content (AvgIpc) is 2.01. The lowest BCUT2D eigenvalue weighted by atomic mass is 10.3. The van der Waals surface area contributed by atoms with Crippen LogP contribution >= 0.6 is 0 Å². The van der Waals surface area contributed by atoms with E-state index in [1.165, 1.54) is 0 Å². The van der Waals surface area contributed by atoms with Gasteiger partial charge in [0, 0.05) is 12.5 Å². The minimum Gasteiger partial charge on any atom is -0.383 e. The summed E-state index contributed by atoms with van der Waals surface area (Å²) in [6.07, 6.45) is 1.92. The van der Waals surface area contributed by atoms with Crippen molar-refractivity contribution in [3.63, 3.8) is 0 Å². The molecule has 0 bridgehead atoms. The third-order valence-electron chi connectivity index (χ3n) is 1.39. The van der Waals surface area contributed by atoms with E-state index in [0.717, 1.165) is 12.5 Å². The van der Waals surface area contributed by atoms with Gasteiger partial charge in [-0.3, -0.25) is 4.79 Å². The molecular weight excluding hydrogens is 208 g/mol. The molecule has 0 unspecified atom stereocenters. The first-order valence-electron chi connectivity index (χ1n) is 3.44. The van der Waals surface area contributed by atoms with Crippen molar-refractivity contribution in [1.82, 2.24) is 9.97 Å². The van der Waals surface area contributed by atoms with Gasteiger partial charge >= 0.3 is 0 Å². The number of carbonyl (C=O) groups excluding carboxylic acids is 1. The molecule has 0 radical (unpaired) electrons. The van der Waals surface area contributed by atoms with Gasteiger partial charge in [0.25, 0.3) is 5.91 Å². The standard InChI is InChI=1S/C6H8N4O3S/c1-14(12,13)6-9-2-3(5(8)11)4(7)10-6/h2H,1H3,(H2,8,11)(H2,7,9,10). The van der Waals surface area contributed by atoms with E-state index in [-0.39, 0.29) is 11.4 Å². The van der Waals surface area contributed by atoms with Gasteiger partial charge in [-0.05, 0) is 0 Å². The molecule has 1 rings (SSSR count). The van der Waals surface area contributed by atoms with Crippen molar-refractivity contribution in [2.45, 2.75) is 5.16 Å². The molecule has 4 N–H and O–H groups in total. The Morgan fingerprint density at radius 3 is 2.43 bits per heavy atom. The lowest BCUT2D eigenvalue weighted by molar-refractivity contribution is 0.100. The van der Waals surface area contributed by atoms with Crippen LogP contribution in [0.4, 0.5) is 5.82 Å². The minimum absolute atomic E-state index is 0.0996. The molecule has 1 amide bonds. The monoisotopic (exact) mass is 216 g/mol. The highest BCUT2D eigenvalue weighted by Crippen LogP contribution is 2.09. The predicted octanol–water partition coefficient (Wildman–Crippen LogP) is -1.44. The number of aromatic nitrogens is 2. The van der Waals surface area contributed by atoms with Crippen LogP contribution in [-0.4, -0.2) is 30.5 Å². The fourth-order valence-electron chi connectivity index (χ4n) is 0.747. The third-order valence-corrected chi connectivity index (χ3v) is 2.25. The van der Waals surface area contributed by atoms with Gasteiger partial charge in [-0.25, -0.2) is 18.4 Å². The van der Waals surface area contributed by atoms with E-state index in [1.54, 1.807) is 0 Å². The molecule has 76 valence electrons. The summed E-state index contributed by atoms with van der Waals surface area (Å²) in [5.41, 5.74) is 10.1. The highest BCUT2D eigenvalue weighted by Gasteiger charge is 2.15. The number of sulfone groups is 1. The summed E-state index contributed by atoms with van der Waals surface area (Å²) in [5.74, 6) is -1.05. The number of carbonyl (C=O) groups is 1. The fourth-order valence-corrected chi connectivity index (χ4v) is 1.25. The number of primary amides is 1. The summed E-state index contributed by atoms with van der Waals surface area (Å²) in [5, 5.41) is -0.431. The molecule has 14 heavy (non-hydrogen) atoms. The summed E-state index contributed by atoms with van der Waals surface area (Å²) in [6, 6.07) is 0. The molecule has 0 aromatic carbocycles. The van der Waals surface area contributed by atoms with E-state index in [4.69, 9.17) is 11.5 Å². The van der Waals surface area contributed by atoms with Crippen molar-refractivity contribution in [1.29, 1.82) is 0 Å². The molecule has 0 aliphatic rings. The molecule has 7 nitrogen and oxygen atoms in total. The third kappa shape index (κ3) is 1.96. The average molecular weight is 216 g/mol. The van der Waals surface area contributed by atoms with Crippen molar-refractivity contribution >= 4 is 21.6 Å². The van der Waals surface area contributed by atoms with Gasteiger partial charge in [0.15, 0.2) is 0 Å². The van der Waals surface area contributed by atoms with E-state index in [0.29, 0.717) is 0 Å². The van der Waals surface area contributed by atoms with E-state index in [2.05, 4.69) is 9.97 Å². The van der Waals surface area contributed by atoms with Crippen molar-refractivity contribution in [2.75, 3.05) is 12.0 Å². The van der Waals surface area contributed by atoms with E-state index < -0.39 is 20.9 Å². The van der Waals surface area contributed by atoms with Gasteiger partial charge in [-0.15, -0.1) is 0 Å². The second-order valence-electron chi connectivity index (χ2n) is 2.59. The Morgan fingerprint density at radius 2 is 2.07 bits per heavy atom. The van der Waals surface area contributed by atoms with Crippen LogP contribution in [0, 0.1) is 0 Å². The molecular formula is C6H8N4O3S. The number of hydrogen-bond acceptors (Lipinski definition) is 6. The molecule has 0 fully saturated rings. The van der Waals surface area contributed by atoms with Gasteiger partial charge in [0.05, 0.1) is 5.56 Å². The quantitative estimate of drug-likeness (QED) is 0.582. The van der Waals surface area contributed by atoms with Gasteiger partial charge in [0.2, 0.25) is 15.0 Å². The summed E-state index contributed by atoms with van der Waals surface area (Å²) in [6.45, 7) is 0. The molecule has 0 spiro atoms. The van der Waals surface area contributed by atoms with Crippen molar-refractivity contribution in [3.05, 3.63) is 11.8 Å². The normalized spacial score (nSPS) is 11.2. The zero-order chi connectivity index (χ0) is 10.9. The maximum absolute atomic E-state index is 11.0. The smallest absolute Gasteiger partial charge is 0.254 e. The first-order valence-corrected chi connectivity index (χ1v) is 5.34. The SMILES string of the molecule is CS(=O)(=O)c1ncc(C(N)=O)c(N)n1. The van der Waals surface area contributed by atoms with Crippen LogP contribution in [0.25, 0.3) is 0 Å². The van der Waals surface area contributed by atoms with Crippen LogP contribution in [0.3, 0.4) is 0 Å². The molecule has 0 atom stereocenters. The number of anilines is 1. The topological polar surface area (TPSA) is 129 Å². The molecule has 1 aromatic rings. The fraction of sp³-hybridized carbons (Fsp3) is 0.167. The Balaban J connectivity index is 3.34. The lowest BCUT2D eigenvalue weighted by Crippen LogP contribution is -2.17. The van der Waals surface area contributed by atoms with E-state index in [9.17, 15) is 13.2 Å². The van der Waals surface area contributed by atoms with Gasteiger partial charge in [-0.2, -0.15) is 0 Å². The summed E-state index contributed by atoms with van der Waals surface area (Å²) < 4.78 is 21.9. The first kappa shape index (κ1) is 10.4. The predicted molar refractivity (Wildman–Crippen MR) is 48.1 cm³/mol. The number of amides is 1. The molecule has 0 aliphatic heterocycles. The molecule has 0 aliphatic carbocycles. The molecule has 1 heterocycles. The number of nitrogens with zero attached hydrogens (tertiary/aromatic N) is 2. The van der Waals surface area contributed by atoms with Crippen LogP contribution < -0.4 is 11.5 Å². The van der Waals surface area contributed by atoms with Crippen LogP contribution in [0.2, 0.25) is 0 Å². The van der Waals surface area contributed by atoms with E-state index in [1.807, 2.05) is 0 Å². The Morgan fingerprint density at radius 1 is 1.50 bits per heavy atom. The zero-order valence-electron chi connectivity index (χ0n) is 7.26. The molecule has 0 saturated heterocycles. The Bertz CT molecular complexity index is 482. The number of rotatable bonds is 2. The van der Waals surface area contributed by atoms with Crippen molar-refractivity contribution in [3.8, 4) is 0 Å². The molecule has 8 heteroatoms. The Kier molecular flexibility index (Phi) is 2.39. The van der Waals surface area contributed by atoms with Gasteiger partial charge < -0.3 is 11.5 Å². The Labute approximate surface area is 80.1 Å².